The van der Waals surface area contributed by atoms with E-state index in [0.717, 1.165) is 0 Å². The van der Waals surface area contributed by atoms with Gasteiger partial charge in [0.1, 0.15) is 5.69 Å². The zero-order valence-electron chi connectivity index (χ0n) is 9.60. The van der Waals surface area contributed by atoms with Crippen LogP contribution in [0.4, 0.5) is 0 Å². The van der Waals surface area contributed by atoms with Crippen LogP contribution in [0.1, 0.15) is 33.3 Å². The fourth-order valence-electron chi connectivity index (χ4n) is 2.00. The van der Waals surface area contributed by atoms with E-state index in [1.807, 2.05) is 6.92 Å². The van der Waals surface area contributed by atoms with Crippen LogP contribution < -0.4 is 0 Å². The quantitative estimate of drug-likeness (QED) is 0.820. The van der Waals surface area contributed by atoms with Gasteiger partial charge >= 0.3 is 5.97 Å². The zero-order chi connectivity index (χ0) is 12.6. The predicted octanol–water partition coefficient (Wildman–Crippen LogP) is 1.88. The van der Waals surface area contributed by atoms with E-state index in [0.29, 0.717) is 29.3 Å². The lowest BCUT2D eigenvalue weighted by Gasteiger charge is -2.03. The molecule has 88 valence electrons. The largest absolute Gasteiger partial charge is 0.478 e. The molecular weight excluding hydrogens is 220 g/mol. The van der Waals surface area contributed by atoms with Gasteiger partial charge in [-0.15, -0.1) is 0 Å². The average Bonchev–Trinajstić information content (AvgIpc) is 2.66. The van der Waals surface area contributed by atoms with Crippen LogP contribution in [0, 0.1) is 6.92 Å². The van der Waals surface area contributed by atoms with Crippen LogP contribution in [0.15, 0.2) is 12.1 Å². The van der Waals surface area contributed by atoms with E-state index in [1.54, 1.807) is 23.7 Å². The Kier molecular flexibility index (Phi) is 2.67. The number of aldehydes is 1. The van der Waals surface area contributed by atoms with Gasteiger partial charge in [0.15, 0.2) is 6.29 Å². The maximum Gasteiger partial charge on any atom is 0.336 e. The molecule has 0 fully saturated rings. The number of carboxylic acid groups (broad SMARTS) is 1. The fourth-order valence-corrected chi connectivity index (χ4v) is 2.00. The molecule has 1 N–H and O–H groups in total. The topological polar surface area (TPSA) is 72.2 Å². The van der Waals surface area contributed by atoms with Gasteiger partial charge in [0.2, 0.25) is 0 Å². The summed E-state index contributed by atoms with van der Waals surface area (Å²) in [5, 5.41) is 13.7. The minimum absolute atomic E-state index is 0.157. The highest BCUT2D eigenvalue weighted by molar-refractivity contribution is 6.09. The number of rotatable bonds is 3. The molecule has 0 bridgehead atoms. The number of benzene rings is 1. The van der Waals surface area contributed by atoms with Gasteiger partial charge in [-0.05, 0) is 25.5 Å². The highest BCUT2D eigenvalue weighted by atomic mass is 16.4. The SMILES string of the molecule is CCn1nc(C=O)c2c(C(=O)O)c(C)ccc21. The first-order valence-corrected chi connectivity index (χ1v) is 5.28. The lowest BCUT2D eigenvalue weighted by molar-refractivity contribution is 0.0698. The van der Waals surface area contributed by atoms with Gasteiger partial charge in [0.05, 0.1) is 11.1 Å². The summed E-state index contributed by atoms with van der Waals surface area (Å²) in [7, 11) is 0. The van der Waals surface area contributed by atoms with E-state index in [-0.39, 0.29) is 11.3 Å². The van der Waals surface area contributed by atoms with Gasteiger partial charge in [-0.1, -0.05) is 6.07 Å². The number of carbonyl (C=O) groups is 2. The molecule has 0 radical (unpaired) electrons. The average molecular weight is 232 g/mol. The van der Waals surface area contributed by atoms with Gasteiger partial charge in [0.25, 0.3) is 0 Å². The standard InChI is InChI=1S/C12H12N2O3/c1-3-14-9-5-4-7(2)10(12(16)17)11(9)8(6-15)13-14/h4-6H,3H2,1-2H3,(H,16,17). The Bertz CT molecular complexity index is 614. The van der Waals surface area contributed by atoms with Crippen molar-refractivity contribution in [1.82, 2.24) is 9.78 Å². The Morgan fingerprint density at radius 3 is 2.76 bits per heavy atom. The molecule has 0 atom stereocenters. The van der Waals surface area contributed by atoms with E-state index in [1.165, 1.54) is 0 Å². The molecule has 0 saturated carbocycles. The van der Waals surface area contributed by atoms with Crippen LogP contribution in [0.5, 0.6) is 0 Å². The summed E-state index contributed by atoms with van der Waals surface area (Å²) in [5.74, 6) is -1.04. The van der Waals surface area contributed by atoms with E-state index < -0.39 is 5.97 Å². The normalized spacial score (nSPS) is 10.7. The number of fused-ring (bicyclic) bond motifs is 1. The van der Waals surface area contributed by atoms with Gasteiger partial charge < -0.3 is 5.11 Å². The van der Waals surface area contributed by atoms with Crippen molar-refractivity contribution in [2.45, 2.75) is 20.4 Å². The van der Waals surface area contributed by atoms with Crippen molar-refractivity contribution in [3.8, 4) is 0 Å². The van der Waals surface area contributed by atoms with Crippen LogP contribution in [0.25, 0.3) is 10.9 Å². The third kappa shape index (κ3) is 1.60. The molecular formula is C12H12N2O3. The first-order chi connectivity index (χ1) is 8.10. The van der Waals surface area contributed by atoms with E-state index in [2.05, 4.69) is 5.10 Å². The van der Waals surface area contributed by atoms with Crippen molar-refractivity contribution >= 4 is 23.2 Å². The van der Waals surface area contributed by atoms with Crippen LogP contribution >= 0.6 is 0 Å². The second-order valence-electron chi connectivity index (χ2n) is 3.78. The molecule has 1 heterocycles. The smallest absolute Gasteiger partial charge is 0.336 e. The third-order valence-electron chi connectivity index (χ3n) is 2.78. The summed E-state index contributed by atoms with van der Waals surface area (Å²) in [4.78, 5) is 22.2. The van der Waals surface area contributed by atoms with Gasteiger partial charge in [-0.2, -0.15) is 5.10 Å². The number of nitrogens with zero attached hydrogens (tertiary/aromatic N) is 2. The Labute approximate surface area is 97.7 Å². The minimum Gasteiger partial charge on any atom is -0.478 e. The minimum atomic E-state index is -1.04. The number of aryl methyl sites for hydroxylation is 2. The Morgan fingerprint density at radius 1 is 1.53 bits per heavy atom. The first kappa shape index (κ1) is 11.3. The molecule has 0 saturated heterocycles. The molecule has 0 aliphatic carbocycles. The molecule has 0 aliphatic rings. The monoisotopic (exact) mass is 232 g/mol. The summed E-state index contributed by atoms with van der Waals surface area (Å²) in [6.45, 7) is 4.19. The Morgan fingerprint density at radius 2 is 2.24 bits per heavy atom. The number of hydrogen-bond donors (Lipinski definition) is 1. The molecule has 2 aromatic rings. The van der Waals surface area contributed by atoms with Crippen molar-refractivity contribution in [1.29, 1.82) is 0 Å². The Balaban J connectivity index is 2.96. The summed E-state index contributed by atoms with van der Waals surface area (Å²) >= 11 is 0. The Hall–Kier alpha value is -2.17. The van der Waals surface area contributed by atoms with Crippen LogP contribution in [-0.4, -0.2) is 27.1 Å². The highest BCUT2D eigenvalue weighted by Gasteiger charge is 2.19. The number of carboxylic acids is 1. The second-order valence-corrected chi connectivity index (χ2v) is 3.78. The molecule has 2 rings (SSSR count). The molecule has 0 spiro atoms. The van der Waals surface area contributed by atoms with Crippen LogP contribution in [-0.2, 0) is 6.54 Å². The fraction of sp³-hybridized carbons (Fsp3) is 0.250. The highest BCUT2D eigenvalue weighted by Crippen LogP contribution is 2.25. The summed E-state index contributed by atoms with van der Waals surface area (Å²) in [5.41, 5.74) is 1.65. The van der Waals surface area contributed by atoms with Crippen molar-refractivity contribution in [2.75, 3.05) is 0 Å². The van der Waals surface area contributed by atoms with E-state index >= 15 is 0 Å². The van der Waals surface area contributed by atoms with E-state index in [9.17, 15) is 14.7 Å². The molecule has 0 aliphatic heterocycles. The van der Waals surface area contributed by atoms with Crippen molar-refractivity contribution in [3.63, 3.8) is 0 Å². The molecule has 0 amide bonds. The molecule has 17 heavy (non-hydrogen) atoms. The van der Waals surface area contributed by atoms with Crippen molar-refractivity contribution < 1.29 is 14.7 Å². The van der Waals surface area contributed by atoms with Gasteiger partial charge in [-0.3, -0.25) is 9.48 Å². The summed E-state index contributed by atoms with van der Waals surface area (Å²) in [6, 6.07) is 3.52. The number of aromatic nitrogens is 2. The molecule has 5 heteroatoms. The maximum absolute atomic E-state index is 11.2. The number of aromatic carboxylic acids is 1. The van der Waals surface area contributed by atoms with Crippen LogP contribution in [0.2, 0.25) is 0 Å². The van der Waals surface area contributed by atoms with E-state index in [4.69, 9.17) is 0 Å². The lowest BCUT2D eigenvalue weighted by Crippen LogP contribution is -2.02. The summed E-state index contributed by atoms with van der Waals surface area (Å²) in [6.07, 6.45) is 0.598. The van der Waals surface area contributed by atoms with Gasteiger partial charge in [-0.25, -0.2) is 4.79 Å². The molecule has 1 aromatic carbocycles. The van der Waals surface area contributed by atoms with Crippen molar-refractivity contribution in [3.05, 3.63) is 29.0 Å². The number of carbonyl (C=O) groups excluding carboxylic acids is 1. The molecule has 5 nitrogen and oxygen atoms in total. The predicted molar refractivity (Wildman–Crippen MR) is 62.5 cm³/mol. The maximum atomic E-state index is 11.2. The van der Waals surface area contributed by atoms with Gasteiger partial charge in [0, 0.05) is 11.9 Å². The van der Waals surface area contributed by atoms with Crippen LogP contribution in [0.3, 0.4) is 0 Å². The summed E-state index contributed by atoms with van der Waals surface area (Å²) < 4.78 is 1.63. The molecule has 1 aromatic heterocycles. The first-order valence-electron chi connectivity index (χ1n) is 5.28. The number of hydrogen-bond acceptors (Lipinski definition) is 3. The second kappa shape index (κ2) is 4.01. The van der Waals surface area contributed by atoms with Crippen molar-refractivity contribution in [2.24, 2.45) is 0 Å². The lowest BCUT2D eigenvalue weighted by atomic mass is 10.0. The molecule has 0 unspecified atom stereocenters. The third-order valence-corrected chi connectivity index (χ3v) is 2.78. The zero-order valence-corrected chi connectivity index (χ0v) is 9.60.